The summed E-state index contributed by atoms with van der Waals surface area (Å²) in [4.78, 5) is 16.0. The summed E-state index contributed by atoms with van der Waals surface area (Å²) in [5.41, 5.74) is 1.00. The van der Waals surface area contributed by atoms with Crippen LogP contribution in [-0.2, 0) is 9.53 Å². The molecule has 0 saturated heterocycles. The highest BCUT2D eigenvalue weighted by Gasteiger charge is 2.25. The molecule has 0 bridgehead atoms. The first-order chi connectivity index (χ1) is 10.8. The zero-order chi connectivity index (χ0) is 15.4. The van der Waals surface area contributed by atoms with Gasteiger partial charge in [0, 0.05) is 0 Å². The Labute approximate surface area is 127 Å². The van der Waals surface area contributed by atoms with Gasteiger partial charge in [0.15, 0.2) is 11.5 Å². The van der Waals surface area contributed by atoms with Gasteiger partial charge in [0.25, 0.3) is 5.90 Å². The molecular formula is C17H13NO4. The van der Waals surface area contributed by atoms with Crippen molar-refractivity contribution < 1.29 is 18.7 Å². The second-order valence-corrected chi connectivity index (χ2v) is 4.49. The number of esters is 1. The molecule has 22 heavy (non-hydrogen) atoms. The maximum atomic E-state index is 11.8. The van der Waals surface area contributed by atoms with Gasteiger partial charge < -0.3 is 13.9 Å². The number of hydrogen-bond donors (Lipinski definition) is 0. The minimum atomic E-state index is -0.510. The fourth-order valence-corrected chi connectivity index (χ4v) is 1.92. The van der Waals surface area contributed by atoms with Crippen LogP contribution in [0.4, 0.5) is 0 Å². The van der Waals surface area contributed by atoms with Crippen molar-refractivity contribution in [1.29, 1.82) is 0 Å². The first-order valence-corrected chi connectivity index (χ1v) is 6.66. The van der Waals surface area contributed by atoms with Crippen LogP contribution in [-0.4, -0.2) is 18.5 Å². The molecule has 0 fully saturated rings. The number of aliphatic imine (C=N–C) groups is 1. The number of rotatable bonds is 5. The summed E-state index contributed by atoms with van der Waals surface area (Å²) < 4.78 is 15.7. The number of cyclic esters (lactones) is 1. The zero-order valence-electron chi connectivity index (χ0n) is 11.7. The number of hydrogen-bond acceptors (Lipinski definition) is 5. The van der Waals surface area contributed by atoms with E-state index in [0.29, 0.717) is 18.1 Å². The molecule has 110 valence electrons. The van der Waals surface area contributed by atoms with Crippen molar-refractivity contribution in [3.63, 3.8) is 0 Å². The monoisotopic (exact) mass is 295 g/mol. The average molecular weight is 295 g/mol. The Balaban J connectivity index is 1.85. The SMILES string of the molecule is C=CCOc1cccc(/C=C2\N=C(c3ccco3)OC2=O)c1. The molecule has 0 spiro atoms. The van der Waals surface area contributed by atoms with E-state index in [1.807, 2.05) is 24.3 Å². The third-order valence-electron chi connectivity index (χ3n) is 2.88. The molecule has 1 aliphatic rings. The van der Waals surface area contributed by atoms with Crippen LogP contribution in [0.1, 0.15) is 11.3 Å². The minimum Gasteiger partial charge on any atom is -0.490 e. The number of nitrogens with zero attached hydrogens (tertiary/aromatic N) is 1. The molecule has 0 atom stereocenters. The fourth-order valence-electron chi connectivity index (χ4n) is 1.92. The Morgan fingerprint density at radius 2 is 2.18 bits per heavy atom. The molecule has 1 aromatic carbocycles. The predicted octanol–water partition coefficient (Wildman–Crippen LogP) is 3.19. The topological polar surface area (TPSA) is 61.0 Å². The summed E-state index contributed by atoms with van der Waals surface area (Å²) in [7, 11) is 0. The van der Waals surface area contributed by atoms with Gasteiger partial charge in [-0.05, 0) is 35.9 Å². The molecule has 0 radical (unpaired) electrons. The van der Waals surface area contributed by atoms with E-state index in [4.69, 9.17) is 13.9 Å². The molecule has 3 rings (SSSR count). The summed E-state index contributed by atoms with van der Waals surface area (Å²) in [6, 6.07) is 10.7. The number of furan rings is 1. The van der Waals surface area contributed by atoms with Gasteiger partial charge in [-0.25, -0.2) is 9.79 Å². The van der Waals surface area contributed by atoms with Crippen molar-refractivity contribution in [3.05, 3.63) is 72.3 Å². The number of carbonyl (C=O) groups excluding carboxylic acids is 1. The highest BCUT2D eigenvalue weighted by Crippen LogP contribution is 2.21. The second-order valence-electron chi connectivity index (χ2n) is 4.49. The van der Waals surface area contributed by atoms with E-state index >= 15 is 0 Å². The molecule has 5 heteroatoms. The Hall–Kier alpha value is -3.08. The van der Waals surface area contributed by atoms with Gasteiger partial charge in [0.1, 0.15) is 12.4 Å². The van der Waals surface area contributed by atoms with Crippen molar-refractivity contribution in [3.8, 4) is 5.75 Å². The summed E-state index contributed by atoms with van der Waals surface area (Å²) in [6.45, 7) is 4.02. The predicted molar refractivity (Wildman–Crippen MR) is 81.4 cm³/mol. The van der Waals surface area contributed by atoms with Crippen LogP contribution in [0.3, 0.4) is 0 Å². The van der Waals surface area contributed by atoms with Crippen LogP contribution in [0, 0.1) is 0 Å². The highest BCUT2D eigenvalue weighted by atomic mass is 16.6. The van der Waals surface area contributed by atoms with Gasteiger partial charge in [-0.15, -0.1) is 0 Å². The van der Waals surface area contributed by atoms with E-state index in [1.165, 1.54) is 6.26 Å². The molecule has 0 saturated carbocycles. The molecule has 0 aliphatic carbocycles. The van der Waals surface area contributed by atoms with Crippen LogP contribution in [0.25, 0.3) is 6.08 Å². The minimum absolute atomic E-state index is 0.167. The Morgan fingerprint density at radius 1 is 1.27 bits per heavy atom. The van der Waals surface area contributed by atoms with Gasteiger partial charge in [-0.3, -0.25) is 0 Å². The number of ether oxygens (including phenoxy) is 2. The lowest BCUT2D eigenvalue weighted by Crippen LogP contribution is -2.04. The summed E-state index contributed by atoms with van der Waals surface area (Å²) in [5, 5.41) is 0. The lowest BCUT2D eigenvalue weighted by atomic mass is 10.2. The van der Waals surface area contributed by atoms with Crippen LogP contribution >= 0.6 is 0 Å². The molecule has 5 nitrogen and oxygen atoms in total. The number of carbonyl (C=O) groups is 1. The molecule has 2 aromatic rings. The van der Waals surface area contributed by atoms with E-state index in [9.17, 15) is 4.79 Å². The van der Waals surface area contributed by atoms with Crippen LogP contribution in [0.5, 0.6) is 5.75 Å². The zero-order valence-corrected chi connectivity index (χ0v) is 11.7. The van der Waals surface area contributed by atoms with Gasteiger partial charge in [-0.1, -0.05) is 24.8 Å². The van der Waals surface area contributed by atoms with Gasteiger partial charge >= 0.3 is 5.97 Å². The molecule has 0 unspecified atom stereocenters. The van der Waals surface area contributed by atoms with Gasteiger partial charge in [0.2, 0.25) is 0 Å². The quantitative estimate of drug-likeness (QED) is 0.483. The molecule has 2 heterocycles. The standard InChI is InChI=1S/C17H13NO4/c1-2-8-20-13-6-3-5-12(10-13)11-14-17(19)22-16(18-14)15-7-4-9-21-15/h2-7,9-11H,1,8H2/b14-11-. The van der Waals surface area contributed by atoms with Crippen LogP contribution in [0.2, 0.25) is 0 Å². The lowest BCUT2D eigenvalue weighted by Gasteiger charge is -2.03. The van der Waals surface area contributed by atoms with E-state index in [0.717, 1.165) is 5.56 Å². The molecule has 1 aliphatic heterocycles. The Morgan fingerprint density at radius 3 is 2.95 bits per heavy atom. The van der Waals surface area contributed by atoms with Gasteiger partial charge in [0.05, 0.1) is 6.26 Å². The molecule has 0 N–H and O–H groups in total. The maximum Gasteiger partial charge on any atom is 0.363 e. The van der Waals surface area contributed by atoms with Crippen molar-refractivity contribution in [2.75, 3.05) is 6.61 Å². The number of benzene rings is 1. The fraction of sp³-hybridized carbons (Fsp3) is 0.0588. The molecule has 0 amide bonds. The van der Waals surface area contributed by atoms with E-state index in [1.54, 1.807) is 24.3 Å². The van der Waals surface area contributed by atoms with Crippen molar-refractivity contribution >= 4 is 17.9 Å². The van der Waals surface area contributed by atoms with Crippen LogP contribution in [0.15, 0.2) is 70.4 Å². The highest BCUT2D eigenvalue weighted by molar-refractivity contribution is 6.11. The first kappa shape index (κ1) is 13.9. The van der Waals surface area contributed by atoms with E-state index in [-0.39, 0.29) is 11.6 Å². The Kier molecular flexibility index (Phi) is 3.87. The molecular weight excluding hydrogens is 282 g/mol. The van der Waals surface area contributed by atoms with Crippen molar-refractivity contribution in [1.82, 2.24) is 0 Å². The normalized spacial score (nSPS) is 15.5. The lowest BCUT2D eigenvalue weighted by molar-refractivity contribution is -0.130. The summed E-state index contributed by atoms with van der Waals surface area (Å²) >= 11 is 0. The third kappa shape index (κ3) is 2.98. The Bertz CT molecular complexity index is 757. The van der Waals surface area contributed by atoms with Crippen LogP contribution < -0.4 is 4.74 Å². The largest absolute Gasteiger partial charge is 0.490 e. The average Bonchev–Trinajstić information content (AvgIpc) is 3.16. The first-order valence-electron chi connectivity index (χ1n) is 6.66. The van der Waals surface area contributed by atoms with Gasteiger partial charge in [-0.2, -0.15) is 0 Å². The summed E-state index contributed by atoms with van der Waals surface area (Å²) in [6.07, 6.45) is 4.80. The third-order valence-corrected chi connectivity index (χ3v) is 2.88. The maximum absolute atomic E-state index is 11.8. The van der Waals surface area contributed by atoms with Crippen molar-refractivity contribution in [2.24, 2.45) is 4.99 Å². The van der Waals surface area contributed by atoms with E-state index in [2.05, 4.69) is 11.6 Å². The smallest absolute Gasteiger partial charge is 0.363 e. The second kappa shape index (κ2) is 6.13. The van der Waals surface area contributed by atoms with E-state index < -0.39 is 5.97 Å². The van der Waals surface area contributed by atoms with Crippen molar-refractivity contribution in [2.45, 2.75) is 0 Å². The molecule has 1 aromatic heterocycles. The summed E-state index contributed by atoms with van der Waals surface area (Å²) in [5.74, 6) is 0.764.